The van der Waals surface area contributed by atoms with Crippen molar-refractivity contribution in [2.45, 2.75) is 195 Å². The van der Waals surface area contributed by atoms with Gasteiger partial charge >= 0.3 is 18.1 Å². The number of nitrogens with zero attached hydrogens (tertiary/aromatic N) is 4. The summed E-state index contributed by atoms with van der Waals surface area (Å²) in [6, 6.07) is 11.8. The lowest BCUT2D eigenvalue weighted by molar-refractivity contribution is -0.148. The zero-order chi connectivity index (χ0) is 71.5. The van der Waals surface area contributed by atoms with Crippen molar-refractivity contribution in [2.75, 3.05) is 60.4 Å². The zero-order valence-electron chi connectivity index (χ0n) is 58.9. The van der Waals surface area contributed by atoms with Gasteiger partial charge in [-0.3, -0.25) is 43.3 Å². The summed E-state index contributed by atoms with van der Waals surface area (Å²) in [5.74, 6) is -6.36. The van der Waals surface area contributed by atoms with Crippen LogP contribution in [0.15, 0.2) is 66.7 Å². The van der Waals surface area contributed by atoms with Crippen molar-refractivity contribution in [3.8, 4) is 0 Å². The maximum atomic E-state index is 14.9. The van der Waals surface area contributed by atoms with Crippen LogP contribution in [-0.4, -0.2) is 187 Å². The zero-order valence-corrected chi connectivity index (χ0v) is 59.7. The minimum absolute atomic E-state index is 0.0442. The van der Waals surface area contributed by atoms with E-state index < -0.39 is 78.1 Å². The Bertz CT molecular complexity index is 2960. The van der Waals surface area contributed by atoms with E-state index in [0.717, 1.165) is 16.9 Å². The Kier molecular flexibility index (Phi) is 33.8. The number of unbranched alkanes of at least 4 members (excludes halogenated alkanes) is 2. The predicted octanol–water partition coefficient (Wildman–Crippen LogP) is 7.72. The molecule has 4 rings (SSSR count). The van der Waals surface area contributed by atoms with Crippen molar-refractivity contribution in [3.05, 3.63) is 77.9 Å². The normalized spacial score (nSPS) is 16.9. The Balaban J connectivity index is 1.38. The molecule has 2 heterocycles. The van der Waals surface area contributed by atoms with Gasteiger partial charge in [0.15, 0.2) is 11.6 Å². The first-order valence-corrected chi connectivity index (χ1v) is 34.2. The summed E-state index contributed by atoms with van der Waals surface area (Å²) in [5.41, 5.74) is 7.14. The molecule has 0 saturated carbocycles. The Morgan fingerprint density at radius 2 is 1.40 bits per heavy atom. The highest BCUT2D eigenvalue weighted by Gasteiger charge is 2.44. The third kappa shape index (κ3) is 24.2. The Hall–Kier alpha value is -7.64. The van der Waals surface area contributed by atoms with Crippen molar-refractivity contribution in [1.82, 2.24) is 35.6 Å². The number of anilines is 1. The van der Waals surface area contributed by atoms with Gasteiger partial charge in [-0.25, -0.2) is 14.4 Å². The lowest BCUT2D eigenvalue weighted by Gasteiger charge is -2.41. The van der Waals surface area contributed by atoms with E-state index in [9.17, 15) is 52.7 Å². The number of nitrogens with two attached hydrogens (primary N) is 1. The molecule has 0 spiro atoms. The summed E-state index contributed by atoms with van der Waals surface area (Å²) in [5, 5.41) is 11.4. The molecule has 96 heavy (non-hydrogen) atoms. The molecular formula is C71H107N9O15S. The number of nitrogens with one attached hydrogen (secondary N) is 4. The van der Waals surface area contributed by atoms with Crippen molar-refractivity contribution >= 4 is 88.0 Å². The molecule has 0 radical (unpaired) electrons. The van der Waals surface area contributed by atoms with Crippen LogP contribution in [0.25, 0.3) is 0 Å². The Morgan fingerprint density at radius 3 is 1.97 bits per heavy atom. The first kappa shape index (κ1) is 80.8. The summed E-state index contributed by atoms with van der Waals surface area (Å²) in [4.78, 5) is 153. The number of hydrogen-bond acceptors (Lipinski definition) is 16. The van der Waals surface area contributed by atoms with Gasteiger partial charge in [-0.05, 0) is 85.5 Å². The number of benzene rings is 2. The number of carbonyl (C=O) groups is 11. The number of primary amides is 1. The molecule has 532 valence electrons. The van der Waals surface area contributed by atoms with E-state index in [4.69, 9.17) is 36.9 Å². The summed E-state index contributed by atoms with van der Waals surface area (Å²) >= 11 is 5.91. The van der Waals surface area contributed by atoms with Crippen molar-refractivity contribution in [3.63, 3.8) is 0 Å². The second kappa shape index (κ2) is 40.2. The highest BCUT2D eigenvalue weighted by molar-refractivity contribution is 7.80. The standard InChI is InChI=1S/C71H107N9O15S/c1-15-46(8)64(57(92-12)41-61(86)79-37-23-27-54(79)65(93-13)47(9)67(96)75-53(69(89)94-14)38-48-24-18-16-19-25-48)77(10)68(88)52(43(2)3)40-56(82)63(45(6)7)78(11)71(91)95-42-49-29-31-51(32-30-49)74-66(87)50(26-22-35-73-70(72)90)39-55(81)62(44(4)5)76-58(83)28-20-17-21-36-80-59(84)33-34-60(80)85/h16,18-19,24-25,29-34,43-47,50,52-54,57,62-65H,15,17,20-23,26-28,35-42H2,1-14H3,(H,74,87)(H,75,96)(H,76,83)(H3,72,73,90)/t46-,47+,50+,52-,53+,54-,57+,62-,63-,64-,65+/m0/s1. The van der Waals surface area contributed by atoms with Gasteiger partial charge in [0, 0.05) is 109 Å². The number of thiocarbonyl (C=S) groups is 1. The number of methoxy groups -OCH3 is 3. The van der Waals surface area contributed by atoms with Crippen LogP contribution in [-0.2, 0) is 75.1 Å². The summed E-state index contributed by atoms with van der Waals surface area (Å²) in [6.07, 6.45) is 4.56. The number of imide groups is 1. The van der Waals surface area contributed by atoms with Gasteiger partial charge in [0.1, 0.15) is 12.6 Å². The summed E-state index contributed by atoms with van der Waals surface area (Å²) < 4.78 is 23.1. The molecule has 6 N–H and O–H groups in total. The average molecular weight is 1360 g/mol. The maximum absolute atomic E-state index is 14.9. The molecule has 0 aliphatic carbocycles. The molecule has 1 saturated heterocycles. The fraction of sp³-hybridized carbons (Fsp3) is 0.634. The topological polar surface area (TPSA) is 312 Å². The monoisotopic (exact) mass is 1360 g/mol. The second-order valence-corrected chi connectivity index (χ2v) is 26.9. The van der Waals surface area contributed by atoms with E-state index in [1.807, 2.05) is 83.7 Å². The van der Waals surface area contributed by atoms with Crippen LogP contribution < -0.4 is 27.0 Å². The number of hydrogen-bond donors (Lipinski definition) is 5. The SMILES string of the molecule is CC[C@H](C)[C@@H]([C@@H](CC(=O)N1CCC[C@H]1[C@H](OC)[C@@H](C)C(=S)N[C@H](Cc1ccccc1)C(=O)OC)OC)N(C)C(=O)[C@@H](CC(=O)[C@H](C(C)C)N(C)C(=O)OCc1ccc(NC(=O)[C@H](CCCNC(N)=O)CC(=O)[C@@H](NC(=O)CCCCCN2C(=O)C=CC2=O)C(C)C)cc1)C(C)C. The smallest absolute Gasteiger partial charge is 0.410 e. The van der Waals surface area contributed by atoms with Crippen LogP contribution in [0.1, 0.15) is 150 Å². The number of ketones is 2. The number of likely N-dealkylation sites (N-methyl/N-ethyl adjacent to an activating group) is 2. The third-order valence-corrected chi connectivity index (χ3v) is 19.0. The van der Waals surface area contributed by atoms with Gasteiger partial charge < -0.3 is 60.6 Å². The van der Waals surface area contributed by atoms with E-state index >= 15 is 0 Å². The van der Waals surface area contributed by atoms with E-state index in [1.165, 1.54) is 38.3 Å². The van der Waals surface area contributed by atoms with Crippen molar-refractivity contribution in [1.29, 1.82) is 0 Å². The molecule has 25 heteroatoms. The van der Waals surface area contributed by atoms with Crippen molar-refractivity contribution in [2.24, 2.45) is 47.2 Å². The molecule has 0 unspecified atom stereocenters. The third-order valence-electron chi connectivity index (χ3n) is 18.5. The Morgan fingerprint density at radius 1 is 0.740 bits per heavy atom. The Labute approximate surface area is 572 Å². The van der Waals surface area contributed by atoms with Crippen LogP contribution in [0.3, 0.4) is 0 Å². The molecule has 0 aromatic heterocycles. The second-order valence-electron chi connectivity index (χ2n) is 26.5. The fourth-order valence-electron chi connectivity index (χ4n) is 12.8. The molecule has 1 fully saturated rings. The maximum Gasteiger partial charge on any atom is 0.410 e. The van der Waals surface area contributed by atoms with Gasteiger partial charge in [0.2, 0.25) is 23.6 Å². The van der Waals surface area contributed by atoms with Gasteiger partial charge in [0.25, 0.3) is 11.8 Å². The molecular weight excluding hydrogens is 1250 g/mol. The van der Waals surface area contributed by atoms with Crippen LogP contribution in [0.4, 0.5) is 15.3 Å². The lowest BCUT2D eigenvalue weighted by Crippen LogP contribution is -2.55. The van der Waals surface area contributed by atoms with Gasteiger partial charge in [-0.2, -0.15) is 0 Å². The predicted molar refractivity (Wildman–Crippen MR) is 368 cm³/mol. The van der Waals surface area contributed by atoms with Crippen LogP contribution in [0.2, 0.25) is 0 Å². The number of likely N-dealkylation sites (tertiary alicyclic amines) is 1. The molecule has 2 aromatic carbocycles. The minimum atomic E-state index is -0.967. The van der Waals surface area contributed by atoms with Crippen LogP contribution in [0.5, 0.6) is 0 Å². The highest BCUT2D eigenvalue weighted by Crippen LogP contribution is 2.32. The molecule has 2 aromatic rings. The van der Waals surface area contributed by atoms with Gasteiger partial charge in [0.05, 0.1) is 54.9 Å². The summed E-state index contributed by atoms with van der Waals surface area (Å²) in [7, 11) is 7.62. The number of Topliss-reactive ketones (excluding diaryl/α,β-unsaturated/α-hetero) is 2. The first-order chi connectivity index (χ1) is 45.5. The molecule has 24 nitrogen and oxygen atoms in total. The number of esters is 1. The highest BCUT2D eigenvalue weighted by atomic mass is 32.1. The van der Waals surface area contributed by atoms with Crippen molar-refractivity contribution < 1.29 is 71.7 Å². The molecule has 0 bridgehead atoms. The number of amides is 9. The summed E-state index contributed by atoms with van der Waals surface area (Å²) in [6.45, 7) is 17.6. The largest absolute Gasteiger partial charge is 0.467 e. The van der Waals surface area contributed by atoms with E-state index in [1.54, 1.807) is 57.2 Å². The van der Waals surface area contributed by atoms with Crippen LogP contribution >= 0.6 is 12.2 Å². The van der Waals surface area contributed by atoms with E-state index in [-0.39, 0.29) is 123 Å². The fourth-order valence-corrected chi connectivity index (χ4v) is 13.1. The molecule has 2 aliphatic rings. The number of rotatable bonds is 41. The van der Waals surface area contributed by atoms with Gasteiger partial charge in [-0.15, -0.1) is 0 Å². The number of ether oxygens (including phenoxy) is 4. The number of urea groups is 1. The quantitative estimate of drug-likeness (QED) is 0.0184. The van der Waals surface area contributed by atoms with Crippen LogP contribution in [0, 0.1) is 41.4 Å². The van der Waals surface area contributed by atoms with Gasteiger partial charge in [-0.1, -0.05) is 130 Å². The number of carbonyl (C=O) groups excluding carboxylic acids is 11. The average Bonchev–Trinajstić information content (AvgIpc) is 1.55. The van der Waals surface area contributed by atoms with E-state index in [0.29, 0.717) is 67.7 Å². The molecule has 9 amide bonds. The minimum Gasteiger partial charge on any atom is -0.467 e. The molecule has 11 atom stereocenters. The first-order valence-electron chi connectivity index (χ1n) is 33.7. The van der Waals surface area contributed by atoms with E-state index in [2.05, 4.69) is 21.3 Å². The molecule has 2 aliphatic heterocycles. The lowest BCUT2D eigenvalue weighted by atomic mass is 9.83.